The lowest BCUT2D eigenvalue weighted by Gasteiger charge is -2.24. The van der Waals surface area contributed by atoms with Gasteiger partial charge in [0.15, 0.2) is 0 Å². The van der Waals surface area contributed by atoms with Crippen LogP contribution in [0.1, 0.15) is 31.2 Å². The van der Waals surface area contributed by atoms with Crippen LogP contribution in [0.5, 0.6) is 5.75 Å². The highest BCUT2D eigenvalue weighted by atomic mass is 16.4. The minimum atomic E-state index is -1.56. The third-order valence-electron chi connectivity index (χ3n) is 5.14. The number of carboxylic acid groups (broad SMARTS) is 1. The minimum absolute atomic E-state index is 0.0303. The summed E-state index contributed by atoms with van der Waals surface area (Å²) in [6, 6.07) is 0.470. The number of benzene rings is 1. The molecule has 0 aliphatic rings. The second kappa shape index (κ2) is 15.3. The van der Waals surface area contributed by atoms with Crippen LogP contribution in [0, 0.1) is 0 Å². The van der Waals surface area contributed by atoms with Crippen LogP contribution >= 0.6 is 0 Å². The molecule has 1 aromatic rings. The summed E-state index contributed by atoms with van der Waals surface area (Å²) in [5.41, 5.74) is 17.1. The highest BCUT2D eigenvalue weighted by molar-refractivity contribution is 5.96. The third-order valence-corrected chi connectivity index (χ3v) is 5.14. The average molecular weight is 511 g/mol. The molecule has 0 aliphatic carbocycles. The van der Waals surface area contributed by atoms with Crippen LogP contribution in [0.4, 0.5) is 0 Å². The Hall–Kier alpha value is -3.75. The molecule has 4 unspecified atom stereocenters. The van der Waals surface area contributed by atoms with E-state index in [0.29, 0.717) is 24.9 Å². The largest absolute Gasteiger partial charge is 0.508 e. The van der Waals surface area contributed by atoms with E-state index in [1.54, 1.807) is 12.1 Å². The van der Waals surface area contributed by atoms with Crippen LogP contribution in [0.25, 0.3) is 0 Å². The highest BCUT2D eigenvalue weighted by Crippen LogP contribution is 2.11. The standard InChI is InChI=1S/C22H34N6O8/c23-8-2-1-3-15(22(35)36)26-21(34)17(11-29)28-20(33)16(10-18(25)31)27-19(32)14(24)9-12-4-6-13(30)7-5-12/h4-7,14-17,29-30H,1-3,8-11,23-24H2,(H2,25,31)(H,26,34)(H,27,32)(H,28,33)(H,35,36). The number of phenols is 1. The van der Waals surface area contributed by atoms with Gasteiger partial charge in [-0.05, 0) is 49.9 Å². The molecule has 14 nitrogen and oxygen atoms in total. The Morgan fingerprint density at radius 3 is 1.94 bits per heavy atom. The average Bonchev–Trinajstić information content (AvgIpc) is 2.82. The van der Waals surface area contributed by atoms with Crippen molar-refractivity contribution in [3.05, 3.63) is 29.8 Å². The van der Waals surface area contributed by atoms with Gasteiger partial charge in [0, 0.05) is 0 Å². The molecule has 4 amide bonds. The van der Waals surface area contributed by atoms with Crippen molar-refractivity contribution in [2.24, 2.45) is 17.2 Å². The van der Waals surface area contributed by atoms with Crippen LogP contribution in [0.3, 0.4) is 0 Å². The summed E-state index contributed by atoms with van der Waals surface area (Å²) < 4.78 is 0. The van der Waals surface area contributed by atoms with Gasteiger partial charge in [-0.2, -0.15) is 0 Å². The summed E-state index contributed by atoms with van der Waals surface area (Å²) in [5, 5.41) is 34.9. The molecule has 0 saturated carbocycles. The number of carbonyl (C=O) groups is 5. The second-order valence-electron chi connectivity index (χ2n) is 8.14. The topological polar surface area (TPSA) is 260 Å². The quantitative estimate of drug-likeness (QED) is 0.101. The Kier molecular flexibility index (Phi) is 12.9. The molecule has 0 saturated heterocycles. The normalized spacial score (nSPS) is 14.1. The first-order valence-corrected chi connectivity index (χ1v) is 11.2. The Bertz CT molecular complexity index is 910. The van der Waals surface area contributed by atoms with Crippen LogP contribution in [0.2, 0.25) is 0 Å². The predicted molar refractivity (Wildman–Crippen MR) is 127 cm³/mol. The molecule has 4 atom stereocenters. The summed E-state index contributed by atoms with van der Waals surface area (Å²) in [6.45, 7) is -0.536. The molecular formula is C22H34N6O8. The van der Waals surface area contributed by atoms with Gasteiger partial charge in [0.05, 0.1) is 19.1 Å². The number of amides is 4. The zero-order valence-electron chi connectivity index (χ0n) is 19.7. The fourth-order valence-electron chi connectivity index (χ4n) is 3.16. The molecule has 0 heterocycles. The fourth-order valence-corrected chi connectivity index (χ4v) is 3.16. The number of unbranched alkanes of at least 4 members (excludes halogenated alkanes) is 1. The maximum Gasteiger partial charge on any atom is 0.326 e. The first kappa shape index (κ1) is 30.3. The number of aromatic hydroxyl groups is 1. The molecule has 0 fully saturated rings. The Labute approximate surface area is 207 Å². The number of nitrogens with two attached hydrogens (primary N) is 3. The van der Waals surface area contributed by atoms with Crippen LogP contribution in [0.15, 0.2) is 24.3 Å². The van der Waals surface area contributed by atoms with Gasteiger partial charge in [-0.3, -0.25) is 19.2 Å². The SMILES string of the molecule is NCCCCC(NC(=O)C(CO)NC(=O)C(CC(N)=O)NC(=O)C(N)Cc1ccc(O)cc1)C(=O)O. The van der Waals surface area contributed by atoms with Gasteiger partial charge >= 0.3 is 5.97 Å². The summed E-state index contributed by atoms with van der Waals surface area (Å²) in [6.07, 6.45) is 0.493. The molecule has 1 aromatic carbocycles. The van der Waals surface area contributed by atoms with Crippen molar-refractivity contribution in [1.29, 1.82) is 0 Å². The van der Waals surface area contributed by atoms with E-state index in [2.05, 4.69) is 16.0 Å². The van der Waals surface area contributed by atoms with Gasteiger partial charge in [0.1, 0.15) is 23.9 Å². The monoisotopic (exact) mass is 510 g/mol. The van der Waals surface area contributed by atoms with E-state index in [9.17, 15) is 39.3 Å². The molecule has 0 radical (unpaired) electrons. The van der Waals surface area contributed by atoms with Crippen molar-refractivity contribution in [2.45, 2.75) is 56.3 Å². The number of aliphatic hydroxyl groups excluding tert-OH is 1. The molecule has 0 spiro atoms. The zero-order valence-corrected chi connectivity index (χ0v) is 19.7. The minimum Gasteiger partial charge on any atom is -0.508 e. The predicted octanol–water partition coefficient (Wildman–Crippen LogP) is -3.20. The second-order valence-corrected chi connectivity index (χ2v) is 8.14. The van der Waals surface area contributed by atoms with Gasteiger partial charge in [0.25, 0.3) is 0 Å². The molecule has 0 aliphatic heterocycles. The first-order valence-electron chi connectivity index (χ1n) is 11.2. The van der Waals surface area contributed by atoms with Crippen molar-refractivity contribution in [3.63, 3.8) is 0 Å². The van der Waals surface area contributed by atoms with E-state index in [1.165, 1.54) is 12.1 Å². The lowest BCUT2D eigenvalue weighted by atomic mass is 10.0. The van der Waals surface area contributed by atoms with Crippen LogP contribution < -0.4 is 33.2 Å². The summed E-state index contributed by atoms with van der Waals surface area (Å²) >= 11 is 0. The number of primary amides is 1. The van der Waals surface area contributed by atoms with Gasteiger partial charge in [-0.25, -0.2) is 4.79 Å². The Morgan fingerprint density at radius 2 is 1.42 bits per heavy atom. The van der Waals surface area contributed by atoms with E-state index >= 15 is 0 Å². The van der Waals surface area contributed by atoms with Gasteiger partial charge in [0.2, 0.25) is 23.6 Å². The number of rotatable bonds is 16. The number of phenolic OH excluding ortho intramolecular Hbond substituents is 1. The summed E-state index contributed by atoms with van der Waals surface area (Å²) in [5.74, 6) is -4.98. The van der Waals surface area contributed by atoms with Crippen molar-refractivity contribution >= 4 is 29.6 Å². The number of aliphatic hydroxyl groups is 1. The highest BCUT2D eigenvalue weighted by Gasteiger charge is 2.30. The number of hydrogen-bond donors (Lipinski definition) is 9. The number of hydrogen-bond acceptors (Lipinski definition) is 9. The molecule has 36 heavy (non-hydrogen) atoms. The first-order chi connectivity index (χ1) is 17.0. The van der Waals surface area contributed by atoms with Gasteiger partial charge < -0.3 is 48.5 Å². The van der Waals surface area contributed by atoms with E-state index in [4.69, 9.17) is 17.2 Å². The van der Waals surface area contributed by atoms with Gasteiger partial charge in [-0.15, -0.1) is 0 Å². The van der Waals surface area contributed by atoms with Crippen molar-refractivity contribution in [2.75, 3.05) is 13.2 Å². The molecule has 12 N–H and O–H groups in total. The number of aliphatic carboxylic acids is 1. The molecule has 14 heteroatoms. The molecule has 0 aromatic heterocycles. The summed E-state index contributed by atoms with van der Waals surface area (Å²) in [4.78, 5) is 60.6. The maximum absolute atomic E-state index is 12.7. The smallest absolute Gasteiger partial charge is 0.326 e. The van der Waals surface area contributed by atoms with Crippen molar-refractivity contribution in [3.8, 4) is 5.75 Å². The van der Waals surface area contributed by atoms with E-state index in [-0.39, 0.29) is 18.6 Å². The van der Waals surface area contributed by atoms with Crippen LogP contribution in [-0.2, 0) is 30.4 Å². The van der Waals surface area contributed by atoms with Crippen molar-refractivity contribution in [1.82, 2.24) is 16.0 Å². The lowest BCUT2D eigenvalue weighted by Crippen LogP contribution is -2.58. The van der Waals surface area contributed by atoms with Crippen molar-refractivity contribution < 1.29 is 39.3 Å². The summed E-state index contributed by atoms with van der Waals surface area (Å²) in [7, 11) is 0. The Morgan fingerprint density at radius 1 is 0.861 bits per heavy atom. The number of carbonyl (C=O) groups excluding carboxylic acids is 4. The zero-order chi connectivity index (χ0) is 27.3. The van der Waals surface area contributed by atoms with E-state index in [0.717, 1.165) is 0 Å². The van der Waals surface area contributed by atoms with E-state index < -0.39 is 66.8 Å². The lowest BCUT2D eigenvalue weighted by molar-refractivity contribution is -0.143. The fraction of sp³-hybridized carbons (Fsp3) is 0.500. The Balaban J connectivity index is 2.83. The van der Waals surface area contributed by atoms with Gasteiger partial charge in [-0.1, -0.05) is 12.1 Å². The van der Waals surface area contributed by atoms with Crippen LogP contribution in [-0.4, -0.2) is 82.2 Å². The maximum atomic E-state index is 12.7. The molecular weight excluding hydrogens is 476 g/mol. The molecule has 200 valence electrons. The van der Waals surface area contributed by atoms with E-state index in [1.807, 2.05) is 0 Å². The molecule has 0 bridgehead atoms. The third kappa shape index (κ3) is 10.7. The molecule has 1 rings (SSSR count). The number of nitrogens with one attached hydrogen (secondary N) is 3. The number of carboxylic acids is 1.